The lowest BCUT2D eigenvalue weighted by Crippen LogP contribution is -2.07. The fourth-order valence-electron chi connectivity index (χ4n) is 0.441. The summed E-state index contributed by atoms with van der Waals surface area (Å²) in [4.78, 5) is 12.7. The fraction of sp³-hybridized carbons (Fsp3) is 0. The van der Waals surface area contributed by atoms with E-state index in [0.717, 1.165) is 0 Å². The molecule has 1 heterocycles. The third-order valence-corrected chi connectivity index (χ3v) is 1.22. The molecule has 0 aliphatic carbocycles. The van der Waals surface area contributed by atoms with Crippen LogP contribution in [-0.4, -0.2) is 4.98 Å². The Kier molecular flexibility index (Phi) is 1.44. The van der Waals surface area contributed by atoms with E-state index >= 15 is 0 Å². The molecule has 48 valence electrons. The number of nitrogens with one attached hydrogen (secondary N) is 1. The van der Waals surface area contributed by atoms with Gasteiger partial charge in [0.2, 0.25) is 0 Å². The van der Waals surface area contributed by atoms with E-state index in [0.29, 0.717) is 0 Å². The predicted octanol–water partition coefficient (Wildman–Crippen LogP) is 0.102. The van der Waals surface area contributed by atoms with Crippen molar-refractivity contribution >= 4 is 11.6 Å². The minimum Gasteiger partial charge on any atom is -0.871 e. The Morgan fingerprint density at radius 1 is 1.67 bits per heavy atom. The fourth-order valence-corrected chi connectivity index (χ4v) is 0.559. The Hall–Kier alpha value is -0.960. The van der Waals surface area contributed by atoms with Gasteiger partial charge in [-0.15, -0.1) is 0 Å². The molecule has 4 heteroatoms. The number of halogens is 1. The van der Waals surface area contributed by atoms with Gasteiger partial charge >= 0.3 is 0 Å². The van der Waals surface area contributed by atoms with Gasteiger partial charge in [0.15, 0.2) is 0 Å². The molecule has 0 aliphatic heterocycles. The number of rotatable bonds is 0. The molecule has 0 saturated heterocycles. The van der Waals surface area contributed by atoms with Gasteiger partial charge in [-0.2, -0.15) is 0 Å². The van der Waals surface area contributed by atoms with Crippen LogP contribution in [-0.2, 0) is 0 Å². The van der Waals surface area contributed by atoms with Crippen LogP contribution in [0.15, 0.2) is 17.1 Å². The quantitative estimate of drug-likeness (QED) is 0.562. The number of aromatic nitrogens is 1. The van der Waals surface area contributed by atoms with E-state index in [1.54, 1.807) is 0 Å². The Morgan fingerprint density at radius 2 is 2.33 bits per heavy atom. The molecule has 0 radical (unpaired) electrons. The molecule has 0 atom stereocenters. The first-order valence-electron chi connectivity index (χ1n) is 2.26. The number of H-pyrrole nitrogens is 1. The van der Waals surface area contributed by atoms with Crippen molar-refractivity contribution in [3.8, 4) is 5.75 Å². The summed E-state index contributed by atoms with van der Waals surface area (Å²) in [5, 5.41) is 10.2. The second-order valence-electron chi connectivity index (χ2n) is 1.49. The van der Waals surface area contributed by atoms with Gasteiger partial charge in [0, 0.05) is 6.20 Å². The van der Waals surface area contributed by atoms with Crippen LogP contribution in [0.4, 0.5) is 0 Å². The molecule has 1 rings (SSSR count). The first-order valence-corrected chi connectivity index (χ1v) is 2.64. The first kappa shape index (κ1) is 6.16. The van der Waals surface area contributed by atoms with Crippen molar-refractivity contribution in [2.75, 3.05) is 0 Å². The van der Waals surface area contributed by atoms with Crippen LogP contribution in [0.1, 0.15) is 0 Å². The van der Waals surface area contributed by atoms with Gasteiger partial charge in [0.1, 0.15) is 0 Å². The van der Waals surface area contributed by atoms with Crippen LogP contribution in [0.3, 0.4) is 0 Å². The normalized spacial score (nSPS) is 9.44. The van der Waals surface area contributed by atoms with Gasteiger partial charge in [-0.25, -0.2) is 0 Å². The zero-order valence-corrected chi connectivity index (χ0v) is 5.11. The number of aromatic amines is 1. The minimum atomic E-state index is -0.538. The molecule has 9 heavy (non-hydrogen) atoms. The molecule has 1 aromatic heterocycles. The van der Waals surface area contributed by atoms with Crippen LogP contribution in [0.5, 0.6) is 5.75 Å². The lowest BCUT2D eigenvalue weighted by Gasteiger charge is -2.03. The second kappa shape index (κ2) is 2.11. The van der Waals surface area contributed by atoms with Gasteiger partial charge in [-0.05, 0) is 0 Å². The standard InChI is InChI=1S/C5H4ClNO2/c6-4-3(8)1-2-7-5(4)9/h1-2H,(H2,7,8,9)/p-1. The van der Waals surface area contributed by atoms with E-state index in [9.17, 15) is 9.90 Å². The molecule has 1 N–H and O–H groups in total. The summed E-state index contributed by atoms with van der Waals surface area (Å²) < 4.78 is 0. The summed E-state index contributed by atoms with van der Waals surface area (Å²) in [6.45, 7) is 0. The lowest BCUT2D eigenvalue weighted by molar-refractivity contribution is -0.268. The highest BCUT2D eigenvalue weighted by atomic mass is 35.5. The molecule has 0 spiro atoms. The number of hydrogen-bond donors (Lipinski definition) is 1. The Morgan fingerprint density at radius 3 is 2.78 bits per heavy atom. The van der Waals surface area contributed by atoms with E-state index in [2.05, 4.69) is 4.98 Å². The third kappa shape index (κ3) is 1.05. The van der Waals surface area contributed by atoms with E-state index < -0.39 is 11.3 Å². The zero-order valence-electron chi connectivity index (χ0n) is 4.35. The summed E-state index contributed by atoms with van der Waals surface area (Å²) in [5.41, 5.74) is -0.538. The molecule has 0 unspecified atom stereocenters. The minimum absolute atomic E-state index is 0.280. The average Bonchev–Trinajstić information content (AvgIpc) is 1.83. The van der Waals surface area contributed by atoms with Gasteiger partial charge in [-0.1, -0.05) is 23.4 Å². The highest BCUT2D eigenvalue weighted by Gasteiger charge is 1.91. The van der Waals surface area contributed by atoms with Crippen molar-refractivity contribution in [1.29, 1.82) is 0 Å². The van der Waals surface area contributed by atoms with Gasteiger partial charge in [0.05, 0.1) is 5.02 Å². The van der Waals surface area contributed by atoms with Crippen LogP contribution >= 0.6 is 11.6 Å². The van der Waals surface area contributed by atoms with Crippen molar-refractivity contribution in [3.63, 3.8) is 0 Å². The van der Waals surface area contributed by atoms with E-state index in [1.165, 1.54) is 12.3 Å². The predicted molar refractivity (Wildman–Crippen MR) is 31.5 cm³/mol. The summed E-state index contributed by atoms with van der Waals surface area (Å²) in [6.07, 6.45) is 1.26. The topological polar surface area (TPSA) is 55.9 Å². The Labute approximate surface area is 55.9 Å². The van der Waals surface area contributed by atoms with Crippen molar-refractivity contribution in [2.45, 2.75) is 0 Å². The summed E-state index contributed by atoms with van der Waals surface area (Å²) in [7, 11) is 0. The van der Waals surface area contributed by atoms with Gasteiger partial charge in [-0.3, -0.25) is 4.79 Å². The maximum Gasteiger partial charge on any atom is 0.266 e. The monoisotopic (exact) mass is 144 g/mol. The SMILES string of the molecule is O=c1[nH]ccc([O-])c1Cl. The molecule has 0 aromatic carbocycles. The highest BCUT2D eigenvalue weighted by molar-refractivity contribution is 6.31. The lowest BCUT2D eigenvalue weighted by atomic mass is 10.4. The molecule has 1 aromatic rings. The second-order valence-corrected chi connectivity index (χ2v) is 1.86. The number of pyridine rings is 1. The maximum atomic E-state index is 10.5. The van der Waals surface area contributed by atoms with Crippen LogP contribution in [0, 0.1) is 0 Å². The van der Waals surface area contributed by atoms with E-state index in [4.69, 9.17) is 11.6 Å². The molecule has 0 bridgehead atoms. The molecular weight excluding hydrogens is 142 g/mol. The summed E-state index contributed by atoms with van der Waals surface area (Å²) in [6, 6.07) is 1.20. The van der Waals surface area contributed by atoms with E-state index in [1.807, 2.05) is 0 Å². The molecule has 0 aliphatic rings. The van der Waals surface area contributed by atoms with Crippen LogP contribution < -0.4 is 10.7 Å². The average molecular weight is 145 g/mol. The molecular formula is C5H3ClNO2-. The van der Waals surface area contributed by atoms with Gasteiger partial charge in [0.25, 0.3) is 5.56 Å². The van der Waals surface area contributed by atoms with Gasteiger partial charge < -0.3 is 10.1 Å². The van der Waals surface area contributed by atoms with E-state index in [-0.39, 0.29) is 5.02 Å². The highest BCUT2D eigenvalue weighted by Crippen LogP contribution is 2.11. The maximum absolute atomic E-state index is 10.5. The van der Waals surface area contributed by atoms with Crippen LogP contribution in [0.25, 0.3) is 0 Å². The van der Waals surface area contributed by atoms with Crippen molar-refractivity contribution in [2.24, 2.45) is 0 Å². The molecule has 0 saturated carbocycles. The van der Waals surface area contributed by atoms with Crippen molar-refractivity contribution in [1.82, 2.24) is 4.98 Å². The first-order chi connectivity index (χ1) is 4.22. The third-order valence-electron chi connectivity index (χ3n) is 0.865. The van der Waals surface area contributed by atoms with Crippen LogP contribution in [0.2, 0.25) is 5.02 Å². The smallest absolute Gasteiger partial charge is 0.266 e. The molecule has 3 nitrogen and oxygen atoms in total. The van der Waals surface area contributed by atoms with Crippen molar-refractivity contribution in [3.05, 3.63) is 27.6 Å². The Bertz CT molecular complexity index is 268. The molecule has 0 fully saturated rings. The van der Waals surface area contributed by atoms with Crippen molar-refractivity contribution < 1.29 is 5.11 Å². The summed E-state index contributed by atoms with van der Waals surface area (Å²) >= 11 is 5.22. The molecule has 0 amide bonds. The Balaban J connectivity index is 3.43. The number of hydrogen-bond acceptors (Lipinski definition) is 2. The zero-order chi connectivity index (χ0) is 6.85. The summed E-state index contributed by atoms with van der Waals surface area (Å²) in [5.74, 6) is -0.444. The largest absolute Gasteiger partial charge is 0.871 e.